The Balaban J connectivity index is 2.59. The lowest BCUT2D eigenvalue weighted by molar-refractivity contribution is -0.113. The monoisotopic (exact) mass is 288 g/mol. The molecule has 86 valence electrons. The topological polar surface area (TPSA) is 17.1 Å². The third-order valence-corrected chi connectivity index (χ3v) is 3.89. The van der Waals surface area contributed by atoms with Crippen LogP contribution >= 0.6 is 15.9 Å². The molecule has 0 bridgehead atoms. The third-order valence-electron chi connectivity index (χ3n) is 3.10. The Morgan fingerprint density at radius 1 is 0.882 bits per heavy atom. The van der Waals surface area contributed by atoms with E-state index in [1.165, 1.54) is 0 Å². The van der Waals surface area contributed by atoms with Crippen LogP contribution in [0.25, 0.3) is 0 Å². The molecular formula is C15H13BrO. The first-order chi connectivity index (χ1) is 8.15. The zero-order chi connectivity index (χ0) is 12.3. The van der Waals surface area contributed by atoms with Gasteiger partial charge in [0.2, 0.25) is 4.69 Å². The van der Waals surface area contributed by atoms with Crippen molar-refractivity contribution in [3.05, 3.63) is 71.8 Å². The van der Waals surface area contributed by atoms with E-state index in [0.717, 1.165) is 11.1 Å². The highest BCUT2D eigenvalue weighted by Crippen LogP contribution is 2.34. The van der Waals surface area contributed by atoms with Crippen LogP contribution in [0.1, 0.15) is 18.1 Å². The molecule has 0 unspecified atom stereocenters. The number of benzene rings is 2. The Hall–Kier alpha value is -1.41. The Bertz CT molecular complexity index is 465. The lowest BCUT2D eigenvalue weighted by Crippen LogP contribution is -2.30. The van der Waals surface area contributed by atoms with Crippen LogP contribution < -0.4 is 0 Å². The van der Waals surface area contributed by atoms with E-state index in [1.807, 2.05) is 67.6 Å². The number of hydrogen-bond acceptors (Lipinski definition) is 1. The second-order valence-corrected chi connectivity index (χ2v) is 4.85. The summed E-state index contributed by atoms with van der Waals surface area (Å²) in [6.45, 7) is 1.94. The van der Waals surface area contributed by atoms with Gasteiger partial charge >= 0.3 is 0 Å². The van der Waals surface area contributed by atoms with Gasteiger partial charge in [-0.25, -0.2) is 0 Å². The quantitative estimate of drug-likeness (QED) is 0.783. The number of hydrogen-bond donors (Lipinski definition) is 0. The molecule has 2 heteroatoms. The molecule has 17 heavy (non-hydrogen) atoms. The average molecular weight is 289 g/mol. The van der Waals surface area contributed by atoms with Crippen molar-refractivity contribution in [1.29, 1.82) is 0 Å². The minimum Gasteiger partial charge on any atom is -0.285 e. The van der Waals surface area contributed by atoms with Gasteiger partial charge in [0.1, 0.15) is 0 Å². The Kier molecular flexibility index (Phi) is 3.43. The first kappa shape index (κ1) is 12.1. The fourth-order valence-corrected chi connectivity index (χ4v) is 2.39. The molecule has 0 fully saturated rings. The molecule has 2 aromatic rings. The summed E-state index contributed by atoms with van der Waals surface area (Å²) in [5.41, 5.74) is 1.35. The van der Waals surface area contributed by atoms with Gasteiger partial charge in [-0.15, -0.1) is 0 Å². The summed E-state index contributed by atoms with van der Waals surface area (Å²) in [7, 11) is 0. The van der Waals surface area contributed by atoms with Crippen molar-refractivity contribution in [1.82, 2.24) is 0 Å². The van der Waals surface area contributed by atoms with Crippen molar-refractivity contribution in [2.45, 2.75) is 12.3 Å². The van der Waals surface area contributed by atoms with Gasteiger partial charge in [0.25, 0.3) is 0 Å². The molecule has 0 atom stereocenters. The van der Waals surface area contributed by atoms with E-state index in [4.69, 9.17) is 0 Å². The molecule has 0 radical (unpaired) electrons. The van der Waals surface area contributed by atoms with E-state index in [0.29, 0.717) is 0 Å². The SMILES string of the molecule is CC(C(=O)Br)(c1ccccc1)c1ccccc1. The average Bonchev–Trinajstić information content (AvgIpc) is 2.39. The predicted octanol–water partition coefficient (Wildman–Crippen LogP) is 3.91. The van der Waals surface area contributed by atoms with Gasteiger partial charge in [0.05, 0.1) is 5.41 Å². The second kappa shape index (κ2) is 4.84. The summed E-state index contributed by atoms with van der Waals surface area (Å²) in [6.07, 6.45) is 0. The fraction of sp³-hybridized carbons (Fsp3) is 0.133. The first-order valence-electron chi connectivity index (χ1n) is 5.46. The summed E-state index contributed by atoms with van der Waals surface area (Å²) >= 11 is 3.13. The molecule has 0 aliphatic heterocycles. The van der Waals surface area contributed by atoms with Gasteiger partial charge in [-0.3, -0.25) is 4.79 Å². The van der Waals surface area contributed by atoms with Crippen molar-refractivity contribution >= 4 is 20.6 Å². The minimum absolute atomic E-state index is 0.0256. The normalized spacial score (nSPS) is 11.2. The van der Waals surface area contributed by atoms with Crippen LogP contribution in [-0.4, -0.2) is 4.69 Å². The Morgan fingerprint density at radius 3 is 1.53 bits per heavy atom. The van der Waals surface area contributed by atoms with Crippen LogP contribution in [0.3, 0.4) is 0 Å². The van der Waals surface area contributed by atoms with E-state index in [9.17, 15) is 4.79 Å². The maximum atomic E-state index is 12.0. The molecule has 0 spiro atoms. The molecule has 0 aromatic heterocycles. The molecule has 1 nitrogen and oxygen atoms in total. The van der Waals surface area contributed by atoms with Crippen LogP contribution in [0.15, 0.2) is 60.7 Å². The van der Waals surface area contributed by atoms with E-state index >= 15 is 0 Å². The van der Waals surface area contributed by atoms with Gasteiger partial charge < -0.3 is 0 Å². The van der Waals surface area contributed by atoms with Crippen molar-refractivity contribution in [3.8, 4) is 0 Å². The van der Waals surface area contributed by atoms with Crippen LogP contribution in [-0.2, 0) is 10.2 Å². The molecule has 0 N–H and O–H groups in total. The highest BCUT2D eigenvalue weighted by atomic mass is 79.9. The van der Waals surface area contributed by atoms with Crippen LogP contribution in [0.4, 0.5) is 0 Å². The van der Waals surface area contributed by atoms with Gasteiger partial charge in [-0.05, 0) is 34.0 Å². The van der Waals surface area contributed by atoms with E-state index < -0.39 is 5.41 Å². The van der Waals surface area contributed by atoms with E-state index in [-0.39, 0.29) is 4.69 Å². The van der Waals surface area contributed by atoms with E-state index in [1.54, 1.807) is 0 Å². The number of halogens is 1. The van der Waals surface area contributed by atoms with Gasteiger partial charge in [-0.2, -0.15) is 0 Å². The minimum atomic E-state index is -0.636. The number of rotatable bonds is 3. The first-order valence-corrected chi connectivity index (χ1v) is 6.26. The Morgan fingerprint density at radius 2 is 1.24 bits per heavy atom. The van der Waals surface area contributed by atoms with Crippen molar-refractivity contribution in [2.24, 2.45) is 0 Å². The maximum Gasteiger partial charge on any atom is 0.212 e. The molecule has 2 aromatic carbocycles. The smallest absolute Gasteiger partial charge is 0.212 e. The fourth-order valence-electron chi connectivity index (χ4n) is 1.94. The van der Waals surface area contributed by atoms with Crippen molar-refractivity contribution in [2.75, 3.05) is 0 Å². The summed E-state index contributed by atoms with van der Waals surface area (Å²) in [5, 5.41) is 0. The zero-order valence-corrected chi connectivity index (χ0v) is 11.1. The molecular weight excluding hydrogens is 276 g/mol. The lowest BCUT2D eigenvalue weighted by Gasteiger charge is -2.26. The van der Waals surface area contributed by atoms with Crippen LogP contribution in [0.5, 0.6) is 0 Å². The number of carbonyl (C=O) groups is 1. The maximum absolute atomic E-state index is 12.0. The lowest BCUT2D eigenvalue weighted by atomic mass is 9.77. The molecule has 0 saturated heterocycles. The predicted molar refractivity (Wildman–Crippen MR) is 73.3 cm³/mol. The standard InChI is InChI=1S/C15H13BrO/c1-15(14(16)17,12-8-4-2-5-9-12)13-10-6-3-7-11-13/h2-11H,1H3. The molecule has 2 rings (SSSR count). The highest BCUT2D eigenvalue weighted by Gasteiger charge is 2.34. The van der Waals surface area contributed by atoms with Gasteiger partial charge in [0, 0.05) is 0 Å². The van der Waals surface area contributed by atoms with Gasteiger partial charge in [0.15, 0.2) is 0 Å². The summed E-state index contributed by atoms with van der Waals surface area (Å²) in [5.74, 6) is 0. The summed E-state index contributed by atoms with van der Waals surface area (Å²) < 4.78 is -0.0256. The molecule has 0 saturated carbocycles. The summed E-state index contributed by atoms with van der Waals surface area (Å²) in [6, 6.07) is 19.6. The van der Waals surface area contributed by atoms with Gasteiger partial charge in [-0.1, -0.05) is 60.7 Å². The number of carbonyl (C=O) groups excluding carboxylic acids is 1. The molecule has 0 heterocycles. The Labute approximate surface area is 110 Å². The van der Waals surface area contributed by atoms with Crippen LogP contribution in [0, 0.1) is 0 Å². The highest BCUT2D eigenvalue weighted by molar-refractivity contribution is 9.18. The van der Waals surface area contributed by atoms with E-state index in [2.05, 4.69) is 15.9 Å². The molecule has 0 amide bonds. The van der Waals surface area contributed by atoms with Crippen molar-refractivity contribution < 1.29 is 4.79 Å². The molecule has 0 aliphatic rings. The zero-order valence-electron chi connectivity index (χ0n) is 9.56. The van der Waals surface area contributed by atoms with Crippen LogP contribution in [0.2, 0.25) is 0 Å². The largest absolute Gasteiger partial charge is 0.285 e. The summed E-state index contributed by atoms with van der Waals surface area (Å²) in [4.78, 5) is 12.0. The second-order valence-electron chi connectivity index (χ2n) is 4.13. The third kappa shape index (κ3) is 2.18. The molecule has 0 aliphatic carbocycles. The van der Waals surface area contributed by atoms with Crippen molar-refractivity contribution in [3.63, 3.8) is 0 Å².